The van der Waals surface area contributed by atoms with Crippen LogP contribution in [-0.4, -0.2) is 64.9 Å². The summed E-state index contributed by atoms with van der Waals surface area (Å²) in [7, 11) is 0. The summed E-state index contributed by atoms with van der Waals surface area (Å²) in [6.45, 7) is -0.441. The number of carbonyl (C=O) groups excluding carboxylic acids is 1. The molecule has 1 aromatic heterocycles. The lowest BCUT2D eigenvalue weighted by atomic mass is 9.92. The van der Waals surface area contributed by atoms with Crippen molar-refractivity contribution in [3.05, 3.63) is 36.0 Å². The van der Waals surface area contributed by atoms with E-state index in [2.05, 4.69) is 10.3 Å². The molecule has 2 aromatic rings. The highest BCUT2D eigenvalue weighted by Crippen LogP contribution is 2.40. The fourth-order valence-electron chi connectivity index (χ4n) is 4.87. The molecule has 1 aromatic carbocycles. The minimum Gasteiger partial charge on any atom is -0.465 e. The van der Waals surface area contributed by atoms with Crippen LogP contribution in [0.1, 0.15) is 24.8 Å². The van der Waals surface area contributed by atoms with Crippen LogP contribution in [0, 0.1) is 5.92 Å². The van der Waals surface area contributed by atoms with Gasteiger partial charge in [0.15, 0.2) is 0 Å². The Kier molecular flexibility index (Phi) is 6.45. The number of piperidine rings is 1. The number of hydrogen-bond donors (Lipinski definition) is 2. The summed E-state index contributed by atoms with van der Waals surface area (Å²) >= 11 is 0. The third-order valence-corrected chi connectivity index (χ3v) is 6.45. The monoisotopic (exact) mass is 504 g/mol. The van der Waals surface area contributed by atoms with Crippen molar-refractivity contribution in [1.82, 2.24) is 15.2 Å². The highest BCUT2D eigenvalue weighted by molar-refractivity contribution is 5.94. The number of carbonyl (C=O) groups is 2. The molecule has 0 saturated carbocycles. The second-order valence-corrected chi connectivity index (χ2v) is 8.75. The van der Waals surface area contributed by atoms with Crippen LogP contribution in [0.25, 0.3) is 10.9 Å². The molecule has 35 heavy (non-hydrogen) atoms. The van der Waals surface area contributed by atoms with E-state index in [0.717, 1.165) is 17.0 Å². The van der Waals surface area contributed by atoms with Crippen LogP contribution in [0.4, 0.5) is 36.8 Å². The predicted octanol–water partition coefficient (Wildman–Crippen LogP) is 4.27. The first-order chi connectivity index (χ1) is 16.4. The molecule has 2 amide bonds. The molecule has 2 saturated heterocycles. The van der Waals surface area contributed by atoms with Gasteiger partial charge in [0.2, 0.25) is 5.91 Å². The van der Waals surface area contributed by atoms with Crippen LogP contribution in [0.2, 0.25) is 0 Å². The van der Waals surface area contributed by atoms with Gasteiger partial charge in [-0.05, 0) is 43.5 Å². The third-order valence-electron chi connectivity index (χ3n) is 6.45. The molecule has 2 aliphatic heterocycles. The lowest BCUT2D eigenvalue weighted by molar-refractivity contribution is -0.178. The summed E-state index contributed by atoms with van der Waals surface area (Å²) in [5, 5.41) is 11.9. The molecule has 0 bridgehead atoms. The largest absolute Gasteiger partial charge is 0.465 e. The second-order valence-electron chi connectivity index (χ2n) is 8.75. The zero-order valence-electron chi connectivity index (χ0n) is 18.2. The van der Waals surface area contributed by atoms with Crippen LogP contribution >= 0.6 is 0 Å². The molecule has 3 atom stereocenters. The van der Waals surface area contributed by atoms with E-state index in [9.17, 15) is 41.0 Å². The van der Waals surface area contributed by atoms with E-state index in [4.69, 9.17) is 0 Å². The van der Waals surface area contributed by atoms with Gasteiger partial charge in [-0.15, -0.1) is 0 Å². The van der Waals surface area contributed by atoms with Gasteiger partial charge in [-0.3, -0.25) is 14.7 Å². The number of fused-ring (bicyclic) bond motifs is 1. The Balaban J connectivity index is 1.65. The number of benzene rings is 1. The summed E-state index contributed by atoms with van der Waals surface area (Å²) in [4.78, 5) is 30.2. The molecule has 3 heterocycles. The smallest absolute Gasteiger partial charge is 0.418 e. The number of hydrogen-bond acceptors (Lipinski definition) is 4. The minimum atomic E-state index is -4.70. The Bertz CT molecular complexity index is 1120. The molecular formula is C22H22F6N4O3. The Hall–Kier alpha value is -3.25. The molecule has 190 valence electrons. The van der Waals surface area contributed by atoms with Crippen molar-refractivity contribution in [2.75, 3.05) is 24.5 Å². The van der Waals surface area contributed by atoms with Crippen LogP contribution in [0.3, 0.4) is 0 Å². The number of aromatic nitrogens is 1. The van der Waals surface area contributed by atoms with Crippen LogP contribution < -0.4 is 10.2 Å². The normalized spacial score (nSPS) is 23.5. The number of alkyl halides is 6. The van der Waals surface area contributed by atoms with E-state index in [0.29, 0.717) is 6.42 Å². The number of rotatable bonds is 3. The van der Waals surface area contributed by atoms with E-state index in [1.54, 1.807) is 0 Å². The maximum Gasteiger partial charge on any atom is 0.418 e. The van der Waals surface area contributed by atoms with Crippen molar-refractivity contribution in [2.45, 2.75) is 43.7 Å². The molecule has 4 rings (SSSR count). The van der Waals surface area contributed by atoms with E-state index in [-0.39, 0.29) is 36.1 Å². The van der Waals surface area contributed by atoms with E-state index in [1.807, 2.05) is 0 Å². The average molecular weight is 504 g/mol. The number of nitrogens with zero attached hydrogens (tertiary/aromatic N) is 3. The van der Waals surface area contributed by atoms with E-state index < -0.39 is 60.9 Å². The van der Waals surface area contributed by atoms with Gasteiger partial charge >= 0.3 is 18.4 Å². The molecule has 0 spiro atoms. The first-order valence-corrected chi connectivity index (χ1v) is 10.9. The summed E-state index contributed by atoms with van der Waals surface area (Å²) in [5.41, 5.74) is -1.24. The standard InChI is InChI=1S/C22H22F6N4O3/c23-21(24,25)12-9-13(30-19(33)17-4-2-8-32(17)20(34)35)11-31(10-12)16-6-5-15(22(26,27)28)18-14(16)3-1-7-29-18/h1,3,5-7,12-13,17H,2,4,8-11H2,(H,30,33)(H,34,35)/t12-,13+,17-/m0/s1. The minimum absolute atomic E-state index is 0.0445. The number of amides is 2. The summed E-state index contributed by atoms with van der Waals surface area (Å²) in [6, 6.07) is 2.68. The average Bonchev–Trinajstić information content (AvgIpc) is 3.27. The maximum absolute atomic E-state index is 13.8. The van der Waals surface area contributed by atoms with Gasteiger partial charge in [0, 0.05) is 42.9 Å². The van der Waals surface area contributed by atoms with Crippen molar-refractivity contribution in [1.29, 1.82) is 0 Å². The molecule has 2 fully saturated rings. The lowest BCUT2D eigenvalue weighted by Gasteiger charge is -2.41. The zero-order valence-corrected chi connectivity index (χ0v) is 18.2. The Morgan fingerprint density at radius 2 is 1.83 bits per heavy atom. The van der Waals surface area contributed by atoms with Crippen molar-refractivity contribution < 1.29 is 41.0 Å². The maximum atomic E-state index is 13.8. The van der Waals surface area contributed by atoms with Crippen molar-refractivity contribution in [2.24, 2.45) is 5.92 Å². The molecule has 0 aliphatic carbocycles. The lowest BCUT2D eigenvalue weighted by Crippen LogP contribution is -2.56. The fraction of sp³-hybridized carbons (Fsp3) is 0.500. The number of anilines is 1. The number of nitrogens with one attached hydrogen (secondary N) is 1. The quantitative estimate of drug-likeness (QED) is 0.610. The summed E-state index contributed by atoms with van der Waals surface area (Å²) in [6.07, 6.45) is -9.14. The van der Waals surface area contributed by atoms with Gasteiger partial charge in [0.25, 0.3) is 0 Å². The molecule has 2 N–H and O–H groups in total. The SMILES string of the molecule is O=C(N[C@@H]1C[C@H](C(F)(F)F)CN(c2ccc(C(F)(F)F)c3ncccc23)C1)[C@@H]1CCCN1C(=O)O. The molecule has 2 aliphatic rings. The van der Waals surface area contributed by atoms with Crippen LogP contribution in [0.15, 0.2) is 30.5 Å². The van der Waals surface area contributed by atoms with Gasteiger partial charge in [-0.1, -0.05) is 0 Å². The molecule has 0 radical (unpaired) electrons. The summed E-state index contributed by atoms with van der Waals surface area (Å²) in [5.74, 6) is -2.54. The van der Waals surface area contributed by atoms with Crippen molar-refractivity contribution >= 4 is 28.6 Å². The predicted molar refractivity (Wildman–Crippen MR) is 113 cm³/mol. The van der Waals surface area contributed by atoms with Gasteiger partial charge < -0.3 is 15.3 Å². The topological polar surface area (TPSA) is 85.8 Å². The highest BCUT2D eigenvalue weighted by Gasteiger charge is 2.46. The van der Waals surface area contributed by atoms with Gasteiger partial charge in [0.1, 0.15) is 6.04 Å². The molecule has 7 nitrogen and oxygen atoms in total. The first-order valence-electron chi connectivity index (χ1n) is 10.9. The highest BCUT2D eigenvalue weighted by atomic mass is 19.4. The molecule has 0 unspecified atom stereocenters. The fourth-order valence-corrected chi connectivity index (χ4v) is 4.87. The summed E-state index contributed by atoms with van der Waals surface area (Å²) < 4.78 is 81.6. The number of pyridine rings is 1. The van der Waals surface area contributed by atoms with Crippen LogP contribution in [-0.2, 0) is 11.0 Å². The molecule has 13 heteroatoms. The molecular weight excluding hydrogens is 482 g/mol. The number of halogens is 6. The Morgan fingerprint density at radius 1 is 1.09 bits per heavy atom. The zero-order chi connectivity index (χ0) is 25.5. The second kappa shape index (κ2) is 9.08. The Labute approximate surface area is 195 Å². The van der Waals surface area contributed by atoms with Crippen LogP contribution in [0.5, 0.6) is 0 Å². The number of likely N-dealkylation sites (tertiary alicyclic amines) is 1. The van der Waals surface area contributed by atoms with Crippen molar-refractivity contribution in [3.63, 3.8) is 0 Å². The van der Waals surface area contributed by atoms with E-state index >= 15 is 0 Å². The van der Waals surface area contributed by atoms with Crippen molar-refractivity contribution in [3.8, 4) is 0 Å². The van der Waals surface area contributed by atoms with Gasteiger partial charge in [0.05, 0.1) is 17.0 Å². The first kappa shape index (κ1) is 24.9. The third kappa shape index (κ3) is 5.08. The van der Waals surface area contributed by atoms with E-state index in [1.165, 1.54) is 23.2 Å². The van der Waals surface area contributed by atoms with Gasteiger partial charge in [-0.25, -0.2) is 4.79 Å². The van der Waals surface area contributed by atoms with Gasteiger partial charge in [-0.2, -0.15) is 26.3 Å². The number of carboxylic acid groups (broad SMARTS) is 1. The Morgan fingerprint density at radius 3 is 2.49 bits per heavy atom.